The molecule has 0 bridgehead atoms. The minimum atomic E-state index is -0.241. The van der Waals surface area contributed by atoms with Crippen molar-refractivity contribution in [1.29, 1.82) is 0 Å². The van der Waals surface area contributed by atoms with E-state index in [-0.39, 0.29) is 5.91 Å². The number of rotatable bonds is 5. The summed E-state index contributed by atoms with van der Waals surface area (Å²) in [6, 6.07) is 12.0. The van der Waals surface area contributed by atoms with Crippen LogP contribution in [0.1, 0.15) is 23.2 Å². The Morgan fingerprint density at radius 1 is 1.24 bits per heavy atom. The number of hydrogen-bond donors (Lipinski definition) is 1. The highest BCUT2D eigenvalue weighted by Crippen LogP contribution is 2.27. The van der Waals surface area contributed by atoms with Crippen LogP contribution in [0, 0.1) is 0 Å². The van der Waals surface area contributed by atoms with Crippen LogP contribution in [-0.2, 0) is 6.42 Å². The molecule has 3 rings (SSSR count). The maximum atomic E-state index is 12.3. The molecule has 7 heteroatoms. The minimum absolute atomic E-state index is 0.241. The lowest BCUT2D eigenvalue weighted by atomic mass is 10.1. The van der Waals surface area contributed by atoms with Crippen molar-refractivity contribution >= 4 is 23.2 Å². The molecule has 0 spiro atoms. The number of methoxy groups -OCH3 is 1. The molecule has 0 aliphatic heterocycles. The van der Waals surface area contributed by atoms with Gasteiger partial charge in [0.15, 0.2) is 0 Å². The molecule has 2 aromatic carbocycles. The fourth-order valence-corrected chi connectivity index (χ4v) is 2.49. The van der Waals surface area contributed by atoms with E-state index in [2.05, 4.69) is 15.5 Å². The van der Waals surface area contributed by atoms with Crippen molar-refractivity contribution < 1.29 is 14.1 Å². The molecular formula is C18H16ClN3O3. The maximum Gasteiger partial charge on any atom is 0.255 e. The zero-order chi connectivity index (χ0) is 17.8. The molecule has 0 aliphatic rings. The van der Waals surface area contributed by atoms with Crippen molar-refractivity contribution in [1.82, 2.24) is 10.1 Å². The van der Waals surface area contributed by atoms with Crippen LogP contribution in [0.2, 0.25) is 5.02 Å². The zero-order valence-corrected chi connectivity index (χ0v) is 14.5. The third-order valence-corrected chi connectivity index (χ3v) is 3.88. The lowest BCUT2D eigenvalue weighted by molar-refractivity contribution is 0.102. The van der Waals surface area contributed by atoms with E-state index in [9.17, 15) is 4.79 Å². The number of carbonyl (C=O) groups is 1. The van der Waals surface area contributed by atoms with Crippen LogP contribution in [0.25, 0.3) is 11.4 Å². The second-order valence-corrected chi connectivity index (χ2v) is 5.65. The number of aromatic nitrogens is 2. The number of amides is 1. The van der Waals surface area contributed by atoms with Crippen LogP contribution in [-0.4, -0.2) is 23.2 Å². The summed E-state index contributed by atoms with van der Waals surface area (Å²) in [6.07, 6.45) is 0.678. The highest BCUT2D eigenvalue weighted by atomic mass is 35.5. The number of carbonyl (C=O) groups excluding carboxylic acids is 1. The van der Waals surface area contributed by atoms with Gasteiger partial charge in [0, 0.05) is 23.2 Å². The summed E-state index contributed by atoms with van der Waals surface area (Å²) in [5.74, 6) is 1.39. The number of ether oxygens (including phenoxy) is 1. The fraction of sp³-hybridized carbons (Fsp3) is 0.167. The van der Waals surface area contributed by atoms with Crippen molar-refractivity contribution in [2.24, 2.45) is 0 Å². The highest BCUT2D eigenvalue weighted by molar-refractivity contribution is 6.32. The lowest BCUT2D eigenvalue weighted by Crippen LogP contribution is -2.11. The first-order valence-electron chi connectivity index (χ1n) is 7.68. The van der Waals surface area contributed by atoms with Gasteiger partial charge in [-0.15, -0.1) is 0 Å². The molecule has 1 aromatic heterocycles. The summed E-state index contributed by atoms with van der Waals surface area (Å²) < 4.78 is 10.2. The van der Waals surface area contributed by atoms with Crippen molar-refractivity contribution in [2.75, 3.05) is 12.4 Å². The normalized spacial score (nSPS) is 10.5. The van der Waals surface area contributed by atoms with Crippen molar-refractivity contribution in [3.8, 4) is 17.1 Å². The summed E-state index contributed by atoms with van der Waals surface area (Å²) in [7, 11) is 1.54. The van der Waals surface area contributed by atoms with Gasteiger partial charge in [-0.1, -0.05) is 35.8 Å². The smallest absolute Gasteiger partial charge is 0.255 e. The van der Waals surface area contributed by atoms with E-state index in [1.165, 1.54) is 7.11 Å². The summed E-state index contributed by atoms with van der Waals surface area (Å²) in [6.45, 7) is 1.94. The molecule has 1 amide bonds. The van der Waals surface area contributed by atoms with E-state index in [0.717, 1.165) is 5.56 Å². The van der Waals surface area contributed by atoms with E-state index in [0.29, 0.717) is 40.2 Å². The number of anilines is 1. The average Bonchev–Trinajstić information content (AvgIpc) is 3.11. The van der Waals surface area contributed by atoms with E-state index in [4.69, 9.17) is 20.9 Å². The lowest BCUT2D eigenvalue weighted by Gasteiger charge is -2.08. The Labute approximate surface area is 149 Å². The largest absolute Gasteiger partial charge is 0.495 e. The van der Waals surface area contributed by atoms with Crippen LogP contribution in [0.4, 0.5) is 5.69 Å². The number of hydrogen-bond acceptors (Lipinski definition) is 5. The van der Waals surface area contributed by atoms with Gasteiger partial charge in [-0.2, -0.15) is 4.98 Å². The fourth-order valence-electron chi connectivity index (χ4n) is 2.23. The van der Waals surface area contributed by atoms with Gasteiger partial charge < -0.3 is 14.6 Å². The van der Waals surface area contributed by atoms with Crippen molar-refractivity contribution in [3.05, 3.63) is 58.9 Å². The first kappa shape index (κ1) is 17.0. The molecule has 0 radical (unpaired) electrons. The summed E-state index contributed by atoms with van der Waals surface area (Å²) >= 11 is 6.06. The molecule has 3 aromatic rings. The molecule has 0 saturated heterocycles. The van der Waals surface area contributed by atoms with Gasteiger partial charge in [-0.25, -0.2) is 0 Å². The van der Waals surface area contributed by atoms with Gasteiger partial charge >= 0.3 is 0 Å². The monoisotopic (exact) mass is 357 g/mol. The van der Waals surface area contributed by atoms with Gasteiger partial charge in [0.05, 0.1) is 12.1 Å². The van der Waals surface area contributed by atoms with E-state index in [1.807, 2.05) is 6.92 Å². The second-order valence-electron chi connectivity index (χ2n) is 5.25. The van der Waals surface area contributed by atoms with Gasteiger partial charge in [0.2, 0.25) is 11.7 Å². The van der Waals surface area contributed by atoms with Gasteiger partial charge in [-0.05, 0) is 30.3 Å². The topological polar surface area (TPSA) is 77.2 Å². The first-order chi connectivity index (χ1) is 12.1. The van der Waals surface area contributed by atoms with Crippen LogP contribution >= 0.6 is 11.6 Å². The summed E-state index contributed by atoms with van der Waals surface area (Å²) in [4.78, 5) is 16.6. The molecule has 0 atom stereocenters. The first-order valence-corrected chi connectivity index (χ1v) is 8.06. The maximum absolute atomic E-state index is 12.3. The Hall–Kier alpha value is -2.86. The SMILES string of the molecule is CCc1nc(-c2ccc(C(=O)Nc3ccc(OC)c(Cl)c3)cc2)no1. The van der Waals surface area contributed by atoms with Crippen molar-refractivity contribution in [3.63, 3.8) is 0 Å². The van der Waals surface area contributed by atoms with Gasteiger partial charge in [-0.3, -0.25) is 4.79 Å². The number of halogens is 1. The molecule has 1 N–H and O–H groups in total. The summed E-state index contributed by atoms with van der Waals surface area (Å²) in [5.41, 5.74) is 1.88. The third-order valence-electron chi connectivity index (χ3n) is 3.59. The molecule has 0 aliphatic carbocycles. The number of benzene rings is 2. The molecule has 128 valence electrons. The Morgan fingerprint density at radius 2 is 2.00 bits per heavy atom. The van der Waals surface area contributed by atoms with Crippen LogP contribution in [0.15, 0.2) is 47.0 Å². The predicted octanol–water partition coefficient (Wildman–Crippen LogP) is 4.21. The Bertz CT molecular complexity index is 891. The van der Waals surface area contributed by atoms with E-state index in [1.54, 1.807) is 42.5 Å². The van der Waals surface area contributed by atoms with Gasteiger partial charge in [0.25, 0.3) is 5.91 Å². The molecule has 0 saturated carbocycles. The highest BCUT2D eigenvalue weighted by Gasteiger charge is 2.11. The summed E-state index contributed by atoms with van der Waals surface area (Å²) in [5, 5.41) is 7.14. The minimum Gasteiger partial charge on any atom is -0.495 e. The molecule has 0 fully saturated rings. The average molecular weight is 358 g/mol. The van der Waals surface area contributed by atoms with Crippen LogP contribution < -0.4 is 10.1 Å². The number of nitrogens with one attached hydrogen (secondary N) is 1. The quantitative estimate of drug-likeness (QED) is 0.740. The Balaban J connectivity index is 1.73. The van der Waals surface area contributed by atoms with Crippen LogP contribution in [0.5, 0.6) is 5.75 Å². The molecule has 25 heavy (non-hydrogen) atoms. The standard InChI is InChI=1S/C18H16ClN3O3/c1-3-16-21-17(22-25-16)11-4-6-12(7-5-11)18(23)20-13-8-9-15(24-2)14(19)10-13/h4-10H,3H2,1-2H3,(H,20,23). The van der Waals surface area contributed by atoms with Crippen LogP contribution in [0.3, 0.4) is 0 Å². The van der Waals surface area contributed by atoms with E-state index < -0.39 is 0 Å². The number of aryl methyl sites for hydroxylation is 1. The van der Waals surface area contributed by atoms with Crippen molar-refractivity contribution in [2.45, 2.75) is 13.3 Å². The Kier molecular flexibility index (Phi) is 5.00. The third kappa shape index (κ3) is 3.80. The number of nitrogens with zero attached hydrogens (tertiary/aromatic N) is 2. The zero-order valence-electron chi connectivity index (χ0n) is 13.7. The molecule has 0 unspecified atom stereocenters. The Morgan fingerprint density at radius 3 is 2.60 bits per heavy atom. The van der Waals surface area contributed by atoms with Gasteiger partial charge in [0.1, 0.15) is 5.75 Å². The predicted molar refractivity (Wildman–Crippen MR) is 95.1 cm³/mol. The molecular weight excluding hydrogens is 342 g/mol. The van der Waals surface area contributed by atoms with E-state index >= 15 is 0 Å². The molecule has 1 heterocycles. The molecule has 6 nitrogen and oxygen atoms in total. The second kappa shape index (κ2) is 7.36.